The zero-order valence-corrected chi connectivity index (χ0v) is 11.7. The van der Waals surface area contributed by atoms with Gasteiger partial charge in [-0.25, -0.2) is 9.97 Å². The summed E-state index contributed by atoms with van der Waals surface area (Å²) >= 11 is 0. The first-order chi connectivity index (χ1) is 9.84. The van der Waals surface area contributed by atoms with Gasteiger partial charge in [0.15, 0.2) is 0 Å². The molecule has 2 aliphatic rings. The van der Waals surface area contributed by atoms with Crippen LogP contribution < -0.4 is 5.32 Å². The van der Waals surface area contributed by atoms with Gasteiger partial charge in [0, 0.05) is 38.6 Å². The molecule has 0 radical (unpaired) electrons. The molecule has 1 aromatic heterocycles. The summed E-state index contributed by atoms with van der Waals surface area (Å²) in [6.45, 7) is 5.08. The second-order valence-corrected chi connectivity index (χ2v) is 5.37. The minimum absolute atomic E-state index is 0.0110. The molecule has 2 saturated heterocycles. The van der Waals surface area contributed by atoms with E-state index in [9.17, 15) is 4.79 Å². The normalized spacial score (nSPS) is 24.0. The predicted molar refractivity (Wildman–Crippen MR) is 74.9 cm³/mol. The van der Waals surface area contributed by atoms with Crippen LogP contribution in [0.2, 0.25) is 0 Å². The van der Waals surface area contributed by atoms with E-state index in [2.05, 4.69) is 20.2 Å². The van der Waals surface area contributed by atoms with Crippen molar-refractivity contribution in [1.82, 2.24) is 25.1 Å². The lowest BCUT2D eigenvalue weighted by molar-refractivity contribution is -0.136. The van der Waals surface area contributed by atoms with Gasteiger partial charge < -0.3 is 10.2 Å². The highest BCUT2D eigenvalue weighted by Crippen LogP contribution is 2.21. The van der Waals surface area contributed by atoms with Crippen molar-refractivity contribution < 1.29 is 4.79 Å². The molecule has 1 amide bonds. The lowest BCUT2D eigenvalue weighted by Crippen LogP contribution is -2.52. The minimum atomic E-state index is 0.0110. The third-order valence-electron chi connectivity index (χ3n) is 4.04. The molecular weight excluding hydrogens is 254 g/mol. The minimum Gasteiger partial charge on any atom is -0.339 e. The topological polar surface area (TPSA) is 61.4 Å². The molecule has 108 valence electrons. The van der Waals surface area contributed by atoms with Crippen molar-refractivity contribution in [3.05, 3.63) is 24.3 Å². The van der Waals surface area contributed by atoms with Crippen LogP contribution in [0.5, 0.6) is 0 Å². The maximum atomic E-state index is 12.6. The van der Waals surface area contributed by atoms with Crippen LogP contribution in [0.25, 0.3) is 0 Å². The Morgan fingerprint density at radius 1 is 1.25 bits per heavy atom. The van der Waals surface area contributed by atoms with Gasteiger partial charge in [0.1, 0.15) is 5.82 Å². The van der Waals surface area contributed by atoms with E-state index in [4.69, 9.17) is 0 Å². The van der Waals surface area contributed by atoms with E-state index in [1.807, 2.05) is 11.0 Å². The monoisotopic (exact) mass is 275 g/mol. The highest BCUT2D eigenvalue weighted by molar-refractivity contribution is 5.82. The van der Waals surface area contributed by atoms with Gasteiger partial charge in [-0.3, -0.25) is 9.69 Å². The molecule has 1 N–H and O–H groups in total. The van der Waals surface area contributed by atoms with E-state index in [-0.39, 0.29) is 11.9 Å². The Morgan fingerprint density at radius 3 is 2.75 bits per heavy atom. The molecule has 1 unspecified atom stereocenters. The first kappa shape index (κ1) is 13.5. The van der Waals surface area contributed by atoms with Crippen molar-refractivity contribution in [2.75, 3.05) is 32.7 Å². The molecule has 2 fully saturated rings. The largest absolute Gasteiger partial charge is 0.339 e. The molecule has 0 saturated carbocycles. The third kappa shape index (κ3) is 2.96. The van der Waals surface area contributed by atoms with Gasteiger partial charge in [-0.15, -0.1) is 0 Å². The van der Waals surface area contributed by atoms with Crippen LogP contribution in [0.15, 0.2) is 18.5 Å². The predicted octanol–water partition coefficient (Wildman–Crippen LogP) is -0.127. The molecular formula is C14H21N5O. The molecule has 1 atom stereocenters. The quantitative estimate of drug-likeness (QED) is 0.833. The molecule has 0 aliphatic carbocycles. The number of nitrogens with zero attached hydrogens (tertiary/aromatic N) is 4. The van der Waals surface area contributed by atoms with Crippen LogP contribution in [-0.4, -0.2) is 64.4 Å². The smallest absolute Gasteiger partial charge is 0.240 e. The van der Waals surface area contributed by atoms with Gasteiger partial charge in [0.25, 0.3) is 0 Å². The van der Waals surface area contributed by atoms with Crippen LogP contribution in [0, 0.1) is 0 Å². The molecule has 0 aromatic carbocycles. The molecule has 1 aromatic rings. The Kier molecular flexibility index (Phi) is 4.22. The lowest BCUT2D eigenvalue weighted by Gasteiger charge is -2.32. The van der Waals surface area contributed by atoms with Crippen molar-refractivity contribution in [2.24, 2.45) is 0 Å². The third-order valence-corrected chi connectivity index (χ3v) is 4.04. The number of nitrogens with one attached hydrogen (secondary N) is 1. The van der Waals surface area contributed by atoms with Gasteiger partial charge >= 0.3 is 0 Å². The number of amides is 1. The lowest BCUT2D eigenvalue weighted by atomic mass is 10.1. The fraction of sp³-hybridized carbons (Fsp3) is 0.643. The van der Waals surface area contributed by atoms with Gasteiger partial charge in [0.2, 0.25) is 5.91 Å². The Labute approximate surface area is 119 Å². The summed E-state index contributed by atoms with van der Waals surface area (Å²) < 4.78 is 0. The summed E-state index contributed by atoms with van der Waals surface area (Å²) in [5.41, 5.74) is 0. The fourth-order valence-electron chi connectivity index (χ4n) is 2.98. The number of aromatic nitrogens is 2. The average Bonchev–Trinajstić information content (AvgIpc) is 2.96. The SMILES string of the molecule is O=C(C1CCCN1Cc1ncccn1)N1CCNCC1. The van der Waals surface area contributed by atoms with Gasteiger partial charge in [0.05, 0.1) is 12.6 Å². The van der Waals surface area contributed by atoms with Crippen molar-refractivity contribution in [2.45, 2.75) is 25.4 Å². The summed E-state index contributed by atoms with van der Waals surface area (Å²) in [6.07, 6.45) is 5.54. The van der Waals surface area contributed by atoms with E-state index in [0.717, 1.165) is 51.4 Å². The van der Waals surface area contributed by atoms with Crippen LogP contribution in [0.4, 0.5) is 0 Å². The maximum Gasteiger partial charge on any atom is 0.240 e. The average molecular weight is 275 g/mol. The Morgan fingerprint density at radius 2 is 2.00 bits per heavy atom. The van der Waals surface area contributed by atoms with E-state index in [1.165, 1.54) is 0 Å². The molecule has 0 spiro atoms. The van der Waals surface area contributed by atoms with Crippen molar-refractivity contribution in [3.63, 3.8) is 0 Å². The number of carbonyl (C=O) groups excluding carboxylic acids is 1. The van der Waals surface area contributed by atoms with Crippen molar-refractivity contribution in [1.29, 1.82) is 0 Å². The van der Waals surface area contributed by atoms with E-state index < -0.39 is 0 Å². The summed E-state index contributed by atoms with van der Waals surface area (Å²) in [7, 11) is 0. The summed E-state index contributed by atoms with van der Waals surface area (Å²) in [5.74, 6) is 1.08. The zero-order valence-electron chi connectivity index (χ0n) is 11.7. The summed E-state index contributed by atoms with van der Waals surface area (Å²) in [6, 6.07) is 1.83. The van der Waals surface area contributed by atoms with E-state index >= 15 is 0 Å². The Bertz CT molecular complexity index is 446. The Balaban J connectivity index is 1.64. The van der Waals surface area contributed by atoms with Gasteiger partial charge in [-0.05, 0) is 25.5 Å². The molecule has 3 rings (SSSR count). The number of hydrogen-bond donors (Lipinski definition) is 1. The number of piperazine rings is 1. The van der Waals surface area contributed by atoms with Crippen LogP contribution >= 0.6 is 0 Å². The van der Waals surface area contributed by atoms with Crippen molar-refractivity contribution >= 4 is 5.91 Å². The molecule has 20 heavy (non-hydrogen) atoms. The number of carbonyl (C=O) groups is 1. The summed E-state index contributed by atoms with van der Waals surface area (Å²) in [5, 5.41) is 3.28. The first-order valence-corrected chi connectivity index (χ1v) is 7.34. The van der Waals surface area contributed by atoms with E-state index in [0.29, 0.717) is 6.54 Å². The maximum absolute atomic E-state index is 12.6. The van der Waals surface area contributed by atoms with Crippen LogP contribution in [-0.2, 0) is 11.3 Å². The van der Waals surface area contributed by atoms with Gasteiger partial charge in [-0.2, -0.15) is 0 Å². The number of rotatable bonds is 3. The molecule has 0 bridgehead atoms. The second kappa shape index (κ2) is 6.28. The van der Waals surface area contributed by atoms with Crippen molar-refractivity contribution in [3.8, 4) is 0 Å². The van der Waals surface area contributed by atoms with E-state index in [1.54, 1.807) is 12.4 Å². The highest BCUT2D eigenvalue weighted by atomic mass is 16.2. The first-order valence-electron chi connectivity index (χ1n) is 7.34. The highest BCUT2D eigenvalue weighted by Gasteiger charge is 2.34. The second-order valence-electron chi connectivity index (χ2n) is 5.37. The number of hydrogen-bond acceptors (Lipinski definition) is 5. The summed E-state index contributed by atoms with van der Waals surface area (Å²) in [4.78, 5) is 25.4. The van der Waals surface area contributed by atoms with Crippen LogP contribution in [0.3, 0.4) is 0 Å². The standard InChI is InChI=1S/C14H21N5O/c20-14(18-9-6-15-7-10-18)12-3-1-8-19(12)11-13-16-4-2-5-17-13/h2,4-5,12,15H,1,3,6-11H2. The van der Waals surface area contributed by atoms with Crippen LogP contribution in [0.1, 0.15) is 18.7 Å². The molecule has 3 heterocycles. The number of likely N-dealkylation sites (tertiary alicyclic amines) is 1. The molecule has 6 nitrogen and oxygen atoms in total. The molecule has 6 heteroatoms. The Hall–Kier alpha value is -1.53. The fourth-order valence-corrected chi connectivity index (χ4v) is 2.98. The zero-order chi connectivity index (χ0) is 13.8. The molecule has 2 aliphatic heterocycles. The van der Waals surface area contributed by atoms with Gasteiger partial charge in [-0.1, -0.05) is 0 Å².